The van der Waals surface area contributed by atoms with E-state index in [1.54, 1.807) is 4.68 Å². The van der Waals surface area contributed by atoms with Crippen LogP contribution in [0.25, 0.3) is 5.69 Å². The van der Waals surface area contributed by atoms with Gasteiger partial charge in [-0.15, -0.1) is 5.10 Å². The Balaban J connectivity index is 1.91. The second-order valence-electron chi connectivity index (χ2n) is 4.19. The highest BCUT2D eigenvalue weighted by Crippen LogP contribution is 2.31. The predicted molar refractivity (Wildman–Crippen MR) is 67.8 cm³/mol. The predicted octanol–water partition coefficient (Wildman–Crippen LogP) is 0.195. The molecule has 7 nitrogen and oxygen atoms in total. The average Bonchev–Trinajstić information content (AvgIpc) is 2.93. The smallest absolute Gasteiger partial charge is 0.163 e. The summed E-state index contributed by atoms with van der Waals surface area (Å²) in [6.07, 6.45) is 0.762. The fourth-order valence-electron chi connectivity index (χ4n) is 1.96. The van der Waals surface area contributed by atoms with Gasteiger partial charge in [0.2, 0.25) is 0 Å². The summed E-state index contributed by atoms with van der Waals surface area (Å²) in [5, 5.41) is 14.9. The third kappa shape index (κ3) is 2.37. The first-order chi connectivity index (χ1) is 9.38. The van der Waals surface area contributed by atoms with Crippen LogP contribution in [0.4, 0.5) is 0 Å². The first-order valence-electron chi connectivity index (χ1n) is 6.20. The first kappa shape index (κ1) is 11.9. The highest BCUT2D eigenvalue weighted by Gasteiger charge is 2.14. The lowest BCUT2D eigenvalue weighted by atomic mass is 10.2. The third-order valence-corrected chi connectivity index (χ3v) is 2.90. The van der Waals surface area contributed by atoms with Gasteiger partial charge >= 0.3 is 0 Å². The maximum absolute atomic E-state index is 5.56. The van der Waals surface area contributed by atoms with Crippen LogP contribution >= 0.6 is 0 Å². The summed E-state index contributed by atoms with van der Waals surface area (Å²) in [6, 6.07) is 5.70. The number of ether oxygens (including phenoxy) is 2. The molecule has 0 fully saturated rings. The molecule has 0 saturated heterocycles. The van der Waals surface area contributed by atoms with E-state index < -0.39 is 0 Å². The number of nitrogens with one attached hydrogen (secondary N) is 1. The molecule has 1 N–H and O–H groups in total. The van der Waals surface area contributed by atoms with Gasteiger partial charge in [-0.1, -0.05) is 0 Å². The number of fused-ring (bicyclic) bond motifs is 1. The van der Waals surface area contributed by atoms with Crippen LogP contribution < -0.4 is 14.8 Å². The fraction of sp³-hybridized carbons (Fsp3) is 0.417. The van der Waals surface area contributed by atoms with Crippen LogP contribution in [0, 0.1) is 0 Å². The minimum Gasteiger partial charge on any atom is -0.486 e. The number of hydrogen-bond acceptors (Lipinski definition) is 6. The normalized spacial score (nSPS) is 13.5. The molecule has 1 aliphatic heterocycles. The molecule has 100 valence electrons. The SMILES string of the molecule is CNCCc1nnnn1-c1ccc2c(c1)OCCO2. The van der Waals surface area contributed by atoms with Crippen molar-refractivity contribution in [2.45, 2.75) is 6.42 Å². The zero-order valence-electron chi connectivity index (χ0n) is 10.7. The quantitative estimate of drug-likeness (QED) is 0.847. The summed E-state index contributed by atoms with van der Waals surface area (Å²) >= 11 is 0. The average molecular weight is 261 g/mol. The van der Waals surface area contributed by atoms with Gasteiger partial charge in [0.1, 0.15) is 13.2 Å². The molecule has 0 aliphatic carbocycles. The summed E-state index contributed by atoms with van der Waals surface area (Å²) in [6.45, 7) is 1.98. The van der Waals surface area contributed by atoms with Gasteiger partial charge in [0.15, 0.2) is 17.3 Å². The second kappa shape index (κ2) is 5.23. The lowest BCUT2D eigenvalue weighted by molar-refractivity contribution is 0.171. The first-order valence-corrected chi connectivity index (χ1v) is 6.20. The molecule has 1 aliphatic rings. The molecule has 3 rings (SSSR count). The van der Waals surface area contributed by atoms with Crippen molar-refractivity contribution in [2.24, 2.45) is 0 Å². The number of aromatic nitrogens is 4. The molecular formula is C12H15N5O2. The van der Waals surface area contributed by atoms with Gasteiger partial charge in [0, 0.05) is 19.0 Å². The zero-order chi connectivity index (χ0) is 13.1. The molecule has 7 heteroatoms. The van der Waals surface area contributed by atoms with Gasteiger partial charge in [-0.3, -0.25) is 0 Å². The molecule has 2 heterocycles. The van der Waals surface area contributed by atoms with Gasteiger partial charge in [0.05, 0.1) is 5.69 Å². The minimum absolute atomic E-state index is 0.568. The van der Waals surface area contributed by atoms with Crippen molar-refractivity contribution in [2.75, 3.05) is 26.8 Å². The van der Waals surface area contributed by atoms with Crippen LogP contribution in [0.2, 0.25) is 0 Å². The van der Waals surface area contributed by atoms with Crippen molar-refractivity contribution < 1.29 is 9.47 Å². The van der Waals surface area contributed by atoms with Crippen molar-refractivity contribution >= 4 is 0 Å². The van der Waals surface area contributed by atoms with E-state index in [2.05, 4.69) is 20.8 Å². The van der Waals surface area contributed by atoms with Crippen LogP contribution in [0.3, 0.4) is 0 Å². The highest BCUT2D eigenvalue weighted by atomic mass is 16.6. The van der Waals surface area contributed by atoms with Crippen molar-refractivity contribution in [1.29, 1.82) is 0 Å². The molecule has 0 spiro atoms. The largest absolute Gasteiger partial charge is 0.486 e. The van der Waals surface area contributed by atoms with Gasteiger partial charge < -0.3 is 14.8 Å². The number of likely N-dealkylation sites (N-methyl/N-ethyl adjacent to an activating group) is 1. The minimum atomic E-state index is 0.568. The Morgan fingerprint density at radius 2 is 2.11 bits per heavy atom. The number of benzene rings is 1. The highest BCUT2D eigenvalue weighted by molar-refractivity contribution is 5.49. The summed E-state index contributed by atoms with van der Waals surface area (Å²) in [5.74, 6) is 2.31. The standard InChI is InChI=1S/C12H15N5O2/c1-13-5-4-12-14-15-16-17(12)9-2-3-10-11(8-9)19-7-6-18-10/h2-3,8,13H,4-7H2,1H3. The van der Waals surface area contributed by atoms with E-state index in [0.717, 1.165) is 36.0 Å². The number of nitrogens with zero attached hydrogens (tertiary/aromatic N) is 4. The van der Waals surface area contributed by atoms with E-state index in [1.165, 1.54) is 0 Å². The molecule has 2 aromatic rings. The summed E-state index contributed by atoms with van der Waals surface area (Å²) < 4.78 is 12.8. The Hall–Kier alpha value is -2.15. The summed E-state index contributed by atoms with van der Waals surface area (Å²) in [5.41, 5.74) is 0.875. The maximum atomic E-state index is 5.56. The Morgan fingerprint density at radius 3 is 2.95 bits per heavy atom. The van der Waals surface area contributed by atoms with Crippen LogP contribution in [0.15, 0.2) is 18.2 Å². The Bertz CT molecular complexity index is 569. The van der Waals surface area contributed by atoms with E-state index in [9.17, 15) is 0 Å². The van der Waals surface area contributed by atoms with Crippen LogP contribution in [-0.4, -0.2) is 47.0 Å². The summed E-state index contributed by atoms with van der Waals surface area (Å²) in [4.78, 5) is 0. The second-order valence-corrected chi connectivity index (χ2v) is 4.19. The molecule has 0 amide bonds. The lowest BCUT2D eigenvalue weighted by Crippen LogP contribution is -2.16. The van der Waals surface area contributed by atoms with Crippen LogP contribution in [0.5, 0.6) is 11.5 Å². The molecule has 19 heavy (non-hydrogen) atoms. The van der Waals surface area contributed by atoms with Crippen molar-refractivity contribution in [3.8, 4) is 17.2 Å². The van der Waals surface area contributed by atoms with E-state index in [1.807, 2.05) is 25.2 Å². The summed E-state index contributed by atoms with van der Waals surface area (Å²) in [7, 11) is 1.90. The van der Waals surface area contributed by atoms with Crippen molar-refractivity contribution in [1.82, 2.24) is 25.5 Å². The molecule has 1 aromatic carbocycles. The zero-order valence-corrected chi connectivity index (χ0v) is 10.7. The molecule has 1 aromatic heterocycles. The van der Waals surface area contributed by atoms with E-state index in [0.29, 0.717) is 13.2 Å². The molecule has 0 saturated carbocycles. The van der Waals surface area contributed by atoms with E-state index >= 15 is 0 Å². The van der Waals surface area contributed by atoms with Crippen LogP contribution in [0.1, 0.15) is 5.82 Å². The van der Waals surface area contributed by atoms with Gasteiger partial charge in [-0.2, -0.15) is 4.68 Å². The van der Waals surface area contributed by atoms with Crippen molar-refractivity contribution in [3.05, 3.63) is 24.0 Å². The molecule has 0 atom stereocenters. The van der Waals surface area contributed by atoms with Crippen molar-refractivity contribution in [3.63, 3.8) is 0 Å². The Kier molecular flexibility index (Phi) is 3.28. The number of rotatable bonds is 4. The molecular weight excluding hydrogens is 246 g/mol. The van der Waals surface area contributed by atoms with Gasteiger partial charge in [-0.25, -0.2) is 0 Å². The van der Waals surface area contributed by atoms with E-state index in [4.69, 9.17) is 9.47 Å². The molecule has 0 unspecified atom stereocenters. The Labute approximate surface area is 110 Å². The van der Waals surface area contributed by atoms with E-state index in [-0.39, 0.29) is 0 Å². The number of hydrogen-bond donors (Lipinski definition) is 1. The van der Waals surface area contributed by atoms with Gasteiger partial charge in [-0.05, 0) is 29.6 Å². The lowest BCUT2D eigenvalue weighted by Gasteiger charge is -2.18. The topological polar surface area (TPSA) is 74.1 Å². The monoisotopic (exact) mass is 261 g/mol. The number of tetrazole rings is 1. The molecule has 0 radical (unpaired) electrons. The molecule has 0 bridgehead atoms. The third-order valence-electron chi connectivity index (χ3n) is 2.90. The maximum Gasteiger partial charge on any atom is 0.163 e. The van der Waals surface area contributed by atoms with Crippen LogP contribution in [-0.2, 0) is 6.42 Å². The Morgan fingerprint density at radius 1 is 1.26 bits per heavy atom. The van der Waals surface area contributed by atoms with Gasteiger partial charge in [0.25, 0.3) is 0 Å². The fourth-order valence-corrected chi connectivity index (χ4v) is 1.96.